The zero-order chi connectivity index (χ0) is 15.7. The first kappa shape index (κ1) is 16.8. The van der Waals surface area contributed by atoms with Gasteiger partial charge in [0.15, 0.2) is 0 Å². The highest BCUT2D eigenvalue weighted by molar-refractivity contribution is 5.75. The van der Waals surface area contributed by atoms with Crippen LogP contribution in [-0.4, -0.2) is 41.1 Å². The molecule has 1 rings (SSSR count). The van der Waals surface area contributed by atoms with Crippen molar-refractivity contribution in [3.8, 4) is 0 Å². The first-order chi connectivity index (χ1) is 9.01. The maximum absolute atomic E-state index is 12.2. The molecule has 0 saturated heterocycles. The summed E-state index contributed by atoms with van der Waals surface area (Å²) in [6.07, 6.45) is -0.0218. The molecule has 0 aliphatic heterocycles. The Morgan fingerprint density at radius 2 is 1.70 bits per heavy atom. The molecular formula is C15H28N2O3. The molecule has 116 valence electrons. The van der Waals surface area contributed by atoms with E-state index < -0.39 is 5.97 Å². The molecule has 0 unspecified atom stereocenters. The molecule has 0 atom stereocenters. The number of hydrogen-bond donors (Lipinski definition) is 2. The van der Waals surface area contributed by atoms with E-state index in [4.69, 9.17) is 5.11 Å². The van der Waals surface area contributed by atoms with Gasteiger partial charge in [-0.3, -0.25) is 4.79 Å². The Morgan fingerprint density at radius 1 is 1.20 bits per heavy atom. The second-order valence-corrected chi connectivity index (χ2v) is 7.11. The predicted octanol–water partition coefficient (Wildman–Crippen LogP) is 2.56. The van der Waals surface area contributed by atoms with Crippen molar-refractivity contribution in [1.29, 1.82) is 0 Å². The summed E-state index contributed by atoms with van der Waals surface area (Å²) in [4.78, 5) is 24.4. The van der Waals surface area contributed by atoms with Gasteiger partial charge in [-0.25, -0.2) is 4.79 Å². The summed E-state index contributed by atoms with van der Waals surface area (Å²) in [7, 11) is 0. The molecule has 20 heavy (non-hydrogen) atoms. The lowest BCUT2D eigenvalue weighted by atomic mass is 10.0. The van der Waals surface area contributed by atoms with Crippen molar-refractivity contribution in [2.45, 2.75) is 54.0 Å². The summed E-state index contributed by atoms with van der Waals surface area (Å²) in [6.45, 7) is 13.6. The second-order valence-electron chi connectivity index (χ2n) is 7.11. The smallest absolute Gasteiger partial charge is 0.317 e. The van der Waals surface area contributed by atoms with Gasteiger partial charge in [-0.1, -0.05) is 27.7 Å². The summed E-state index contributed by atoms with van der Waals surface area (Å²) in [5.74, 6) is -0.416. The highest BCUT2D eigenvalue weighted by Crippen LogP contribution is 2.67. The van der Waals surface area contributed by atoms with Crippen molar-refractivity contribution >= 4 is 12.0 Å². The fourth-order valence-corrected chi connectivity index (χ4v) is 2.94. The van der Waals surface area contributed by atoms with Crippen molar-refractivity contribution in [3.05, 3.63) is 0 Å². The fourth-order valence-electron chi connectivity index (χ4n) is 2.94. The van der Waals surface area contributed by atoms with E-state index in [0.29, 0.717) is 12.5 Å². The number of carboxylic acid groups (broad SMARTS) is 1. The Balaban J connectivity index is 2.50. The topological polar surface area (TPSA) is 69.6 Å². The normalized spacial score (nSPS) is 19.8. The maximum atomic E-state index is 12.2. The van der Waals surface area contributed by atoms with E-state index in [0.717, 1.165) is 0 Å². The number of nitrogens with zero attached hydrogens (tertiary/aromatic N) is 1. The first-order valence-electron chi connectivity index (χ1n) is 7.28. The summed E-state index contributed by atoms with van der Waals surface area (Å²) in [5, 5.41) is 11.7. The van der Waals surface area contributed by atoms with Crippen LogP contribution in [0.5, 0.6) is 0 Å². The van der Waals surface area contributed by atoms with Gasteiger partial charge in [-0.05, 0) is 30.6 Å². The standard InChI is InChI=1S/C15H28N2O3/c1-10(2)17(8-7-12(18)19)13(20)16-9-11-14(3,4)15(11,5)6/h10-11H,7-9H2,1-6H3,(H,16,20)(H,18,19). The lowest BCUT2D eigenvalue weighted by molar-refractivity contribution is -0.137. The number of carboxylic acids is 1. The third kappa shape index (κ3) is 3.25. The van der Waals surface area contributed by atoms with Gasteiger partial charge in [0.2, 0.25) is 0 Å². The van der Waals surface area contributed by atoms with Crippen LogP contribution in [0.2, 0.25) is 0 Å². The summed E-state index contributed by atoms with van der Waals surface area (Å²) < 4.78 is 0. The summed E-state index contributed by atoms with van der Waals surface area (Å²) in [5.41, 5.74) is 0.480. The van der Waals surface area contributed by atoms with Crippen LogP contribution < -0.4 is 5.32 Å². The number of urea groups is 1. The molecule has 2 N–H and O–H groups in total. The van der Waals surface area contributed by atoms with Crippen LogP contribution >= 0.6 is 0 Å². The monoisotopic (exact) mass is 284 g/mol. The molecule has 0 radical (unpaired) electrons. The third-order valence-electron chi connectivity index (χ3n) is 5.23. The van der Waals surface area contributed by atoms with E-state index in [1.165, 1.54) is 0 Å². The molecule has 1 aliphatic rings. The van der Waals surface area contributed by atoms with E-state index in [1.807, 2.05) is 13.8 Å². The van der Waals surface area contributed by atoms with Crippen LogP contribution in [0.4, 0.5) is 4.79 Å². The van der Waals surface area contributed by atoms with Gasteiger partial charge in [0, 0.05) is 19.1 Å². The van der Waals surface area contributed by atoms with Gasteiger partial charge in [-0.2, -0.15) is 0 Å². The van der Waals surface area contributed by atoms with E-state index in [1.54, 1.807) is 4.90 Å². The highest BCUT2D eigenvalue weighted by Gasteiger charge is 2.64. The number of nitrogens with one attached hydrogen (secondary N) is 1. The van der Waals surface area contributed by atoms with Crippen molar-refractivity contribution in [2.24, 2.45) is 16.7 Å². The van der Waals surface area contributed by atoms with Gasteiger partial charge >= 0.3 is 12.0 Å². The zero-order valence-corrected chi connectivity index (χ0v) is 13.5. The third-order valence-corrected chi connectivity index (χ3v) is 5.23. The molecule has 5 nitrogen and oxygen atoms in total. The Hall–Kier alpha value is -1.26. The van der Waals surface area contributed by atoms with Gasteiger partial charge in [-0.15, -0.1) is 0 Å². The number of aliphatic carboxylic acids is 1. The van der Waals surface area contributed by atoms with Crippen LogP contribution in [0.15, 0.2) is 0 Å². The minimum absolute atomic E-state index is 0.00502. The van der Waals surface area contributed by atoms with Crippen LogP contribution in [-0.2, 0) is 4.79 Å². The molecule has 0 aromatic carbocycles. The van der Waals surface area contributed by atoms with Crippen molar-refractivity contribution < 1.29 is 14.7 Å². The van der Waals surface area contributed by atoms with Crippen molar-refractivity contribution in [1.82, 2.24) is 10.2 Å². The Kier molecular flexibility index (Phi) is 4.72. The molecule has 0 spiro atoms. The minimum atomic E-state index is -0.882. The molecule has 1 saturated carbocycles. The molecular weight excluding hydrogens is 256 g/mol. The van der Waals surface area contributed by atoms with Gasteiger partial charge < -0.3 is 15.3 Å². The van der Waals surface area contributed by atoms with Crippen LogP contribution in [0, 0.1) is 16.7 Å². The van der Waals surface area contributed by atoms with Crippen molar-refractivity contribution in [3.63, 3.8) is 0 Å². The van der Waals surface area contributed by atoms with E-state index >= 15 is 0 Å². The fraction of sp³-hybridized carbons (Fsp3) is 0.867. The van der Waals surface area contributed by atoms with Crippen LogP contribution in [0.25, 0.3) is 0 Å². The Bertz CT molecular complexity index is 375. The largest absolute Gasteiger partial charge is 0.481 e. The molecule has 0 aromatic heterocycles. The predicted molar refractivity (Wildman–Crippen MR) is 78.5 cm³/mol. The molecule has 0 bridgehead atoms. The molecule has 5 heteroatoms. The maximum Gasteiger partial charge on any atom is 0.317 e. The number of hydrogen-bond acceptors (Lipinski definition) is 2. The van der Waals surface area contributed by atoms with E-state index in [2.05, 4.69) is 33.0 Å². The number of rotatable bonds is 6. The van der Waals surface area contributed by atoms with E-state index in [9.17, 15) is 9.59 Å². The van der Waals surface area contributed by atoms with Crippen molar-refractivity contribution in [2.75, 3.05) is 13.1 Å². The van der Waals surface area contributed by atoms with Gasteiger partial charge in [0.1, 0.15) is 0 Å². The quantitative estimate of drug-likeness (QED) is 0.787. The van der Waals surface area contributed by atoms with Crippen LogP contribution in [0.3, 0.4) is 0 Å². The zero-order valence-electron chi connectivity index (χ0n) is 13.5. The number of amides is 2. The molecule has 0 heterocycles. The Morgan fingerprint density at radius 3 is 2.05 bits per heavy atom. The number of carbonyl (C=O) groups excluding carboxylic acids is 1. The second kappa shape index (κ2) is 5.62. The number of carbonyl (C=O) groups is 2. The van der Waals surface area contributed by atoms with Gasteiger partial charge in [0.05, 0.1) is 6.42 Å². The lowest BCUT2D eigenvalue weighted by Crippen LogP contribution is -2.45. The highest BCUT2D eigenvalue weighted by atomic mass is 16.4. The SMILES string of the molecule is CC(C)N(CCC(=O)O)C(=O)NCC1C(C)(C)C1(C)C. The van der Waals surface area contributed by atoms with E-state index in [-0.39, 0.29) is 35.9 Å². The minimum Gasteiger partial charge on any atom is -0.481 e. The summed E-state index contributed by atoms with van der Waals surface area (Å²) in [6, 6.07) is -0.172. The average Bonchev–Trinajstić information content (AvgIpc) is 2.66. The molecule has 1 fully saturated rings. The first-order valence-corrected chi connectivity index (χ1v) is 7.28. The molecule has 2 amide bonds. The molecule has 0 aromatic rings. The van der Waals surface area contributed by atoms with Gasteiger partial charge in [0.25, 0.3) is 0 Å². The average molecular weight is 284 g/mol. The Labute approximate surface area is 121 Å². The van der Waals surface area contributed by atoms with Crippen LogP contribution in [0.1, 0.15) is 48.0 Å². The summed E-state index contributed by atoms with van der Waals surface area (Å²) >= 11 is 0. The lowest BCUT2D eigenvalue weighted by Gasteiger charge is -2.26. The molecule has 1 aliphatic carbocycles.